The molecule has 1 amide bonds. The quantitative estimate of drug-likeness (QED) is 0.656. The van der Waals surface area contributed by atoms with Gasteiger partial charge in [0.25, 0.3) is 5.91 Å². The number of hydrogen-bond acceptors (Lipinski definition) is 2. The molecular formula is C23H22FNO2. The molecule has 27 heavy (non-hydrogen) atoms. The molecule has 3 aromatic carbocycles. The lowest BCUT2D eigenvalue weighted by molar-refractivity contribution is 0.0950. The van der Waals surface area contributed by atoms with E-state index in [9.17, 15) is 9.18 Å². The maximum Gasteiger partial charge on any atom is 0.251 e. The van der Waals surface area contributed by atoms with Crippen molar-refractivity contribution in [3.8, 4) is 0 Å². The predicted molar refractivity (Wildman–Crippen MR) is 104 cm³/mol. The van der Waals surface area contributed by atoms with Crippen molar-refractivity contribution in [3.05, 3.63) is 106 Å². The molecule has 3 nitrogen and oxygen atoms in total. The minimum atomic E-state index is -0.373. The van der Waals surface area contributed by atoms with Crippen LogP contribution in [0.3, 0.4) is 0 Å². The van der Waals surface area contributed by atoms with Crippen LogP contribution in [0.15, 0.2) is 72.8 Å². The molecule has 0 aliphatic carbocycles. The number of carbonyl (C=O) groups is 1. The topological polar surface area (TPSA) is 38.3 Å². The fourth-order valence-electron chi connectivity index (χ4n) is 2.63. The van der Waals surface area contributed by atoms with Crippen LogP contribution in [-0.4, -0.2) is 5.91 Å². The lowest BCUT2D eigenvalue weighted by atomic mass is 10.1. The van der Waals surface area contributed by atoms with Crippen molar-refractivity contribution in [2.24, 2.45) is 0 Å². The van der Waals surface area contributed by atoms with Crippen molar-refractivity contribution in [1.29, 1.82) is 0 Å². The summed E-state index contributed by atoms with van der Waals surface area (Å²) >= 11 is 0. The molecular weight excluding hydrogens is 341 g/mol. The highest BCUT2D eigenvalue weighted by atomic mass is 19.1. The first-order chi connectivity index (χ1) is 13.1. The van der Waals surface area contributed by atoms with E-state index in [0.29, 0.717) is 30.9 Å². The van der Waals surface area contributed by atoms with Gasteiger partial charge in [-0.1, -0.05) is 60.7 Å². The molecule has 0 aliphatic heterocycles. The summed E-state index contributed by atoms with van der Waals surface area (Å²) in [6.07, 6.45) is 0. The number of hydrogen-bond donors (Lipinski definition) is 1. The molecule has 0 unspecified atom stereocenters. The monoisotopic (exact) mass is 363 g/mol. The number of rotatable bonds is 7. The number of halogens is 1. The molecule has 1 N–H and O–H groups in total. The standard InChI is InChI=1S/C23H22FNO2/c1-17-7-12-21(13-22(17)24)23(26)25-14-18-8-10-20(11-9-18)16-27-15-19-5-3-2-4-6-19/h2-13H,14-16H2,1H3,(H,25,26). The van der Waals surface area contributed by atoms with Crippen molar-refractivity contribution in [2.45, 2.75) is 26.7 Å². The molecule has 0 radical (unpaired) electrons. The van der Waals surface area contributed by atoms with E-state index in [2.05, 4.69) is 5.32 Å². The van der Waals surface area contributed by atoms with Gasteiger partial charge < -0.3 is 10.1 Å². The summed E-state index contributed by atoms with van der Waals surface area (Å²) in [7, 11) is 0. The Morgan fingerprint density at radius 3 is 2.19 bits per heavy atom. The van der Waals surface area contributed by atoms with Gasteiger partial charge in [-0.15, -0.1) is 0 Å². The van der Waals surface area contributed by atoms with E-state index in [1.807, 2.05) is 54.6 Å². The Morgan fingerprint density at radius 2 is 1.52 bits per heavy atom. The molecule has 0 bridgehead atoms. The normalized spacial score (nSPS) is 10.6. The largest absolute Gasteiger partial charge is 0.372 e. The van der Waals surface area contributed by atoms with E-state index in [1.54, 1.807) is 19.1 Å². The molecule has 0 aliphatic rings. The predicted octanol–water partition coefficient (Wildman–Crippen LogP) is 4.78. The molecule has 0 saturated carbocycles. The van der Waals surface area contributed by atoms with Crippen LogP contribution < -0.4 is 5.32 Å². The highest BCUT2D eigenvalue weighted by molar-refractivity contribution is 5.94. The van der Waals surface area contributed by atoms with E-state index in [-0.39, 0.29) is 11.7 Å². The third kappa shape index (κ3) is 5.50. The van der Waals surface area contributed by atoms with Gasteiger partial charge in [-0.05, 0) is 41.3 Å². The molecule has 0 atom stereocenters. The molecule has 0 heterocycles. The summed E-state index contributed by atoms with van der Waals surface area (Å²) in [6.45, 7) is 3.16. The van der Waals surface area contributed by atoms with Gasteiger partial charge in [-0.2, -0.15) is 0 Å². The van der Waals surface area contributed by atoms with Crippen LogP contribution in [0.5, 0.6) is 0 Å². The first-order valence-electron chi connectivity index (χ1n) is 8.85. The SMILES string of the molecule is Cc1ccc(C(=O)NCc2ccc(COCc3ccccc3)cc2)cc1F. The smallest absolute Gasteiger partial charge is 0.251 e. The van der Waals surface area contributed by atoms with Gasteiger partial charge in [0.15, 0.2) is 0 Å². The van der Waals surface area contributed by atoms with E-state index < -0.39 is 0 Å². The zero-order valence-electron chi connectivity index (χ0n) is 15.2. The lowest BCUT2D eigenvalue weighted by Crippen LogP contribution is -2.22. The number of benzene rings is 3. The summed E-state index contributed by atoms with van der Waals surface area (Å²) in [4.78, 5) is 12.1. The van der Waals surface area contributed by atoms with Crippen LogP contribution in [0.4, 0.5) is 4.39 Å². The summed E-state index contributed by atoms with van der Waals surface area (Å²) in [6, 6.07) is 22.4. The summed E-state index contributed by atoms with van der Waals surface area (Å²) in [5.74, 6) is -0.660. The Labute approximate surface area is 158 Å². The maximum atomic E-state index is 13.6. The molecule has 0 aromatic heterocycles. The first-order valence-corrected chi connectivity index (χ1v) is 8.85. The second-order valence-electron chi connectivity index (χ2n) is 6.44. The Morgan fingerprint density at radius 1 is 0.889 bits per heavy atom. The number of ether oxygens (including phenoxy) is 1. The number of amides is 1. The van der Waals surface area contributed by atoms with Crippen molar-refractivity contribution in [1.82, 2.24) is 5.32 Å². The van der Waals surface area contributed by atoms with Gasteiger partial charge in [0.05, 0.1) is 13.2 Å². The second kappa shape index (κ2) is 9.10. The second-order valence-corrected chi connectivity index (χ2v) is 6.44. The Bertz CT molecular complexity index is 892. The Kier molecular flexibility index (Phi) is 6.34. The van der Waals surface area contributed by atoms with E-state index in [1.165, 1.54) is 6.07 Å². The zero-order chi connectivity index (χ0) is 19.1. The van der Waals surface area contributed by atoms with Crippen LogP contribution >= 0.6 is 0 Å². The summed E-state index contributed by atoms with van der Waals surface area (Å²) in [5.41, 5.74) is 4.04. The fourth-order valence-corrected chi connectivity index (χ4v) is 2.63. The molecule has 0 spiro atoms. The Balaban J connectivity index is 1.47. The third-order valence-corrected chi connectivity index (χ3v) is 4.29. The zero-order valence-corrected chi connectivity index (χ0v) is 15.2. The van der Waals surface area contributed by atoms with Crippen molar-refractivity contribution < 1.29 is 13.9 Å². The van der Waals surface area contributed by atoms with Gasteiger partial charge in [-0.25, -0.2) is 4.39 Å². The molecule has 3 aromatic rings. The van der Waals surface area contributed by atoms with Crippen molar-refractivity contribution in [2.75, 3.05) is 0 Å². The number of nitrogens with one attached hydrogen (secondary N) is 1. The highest BCUT2D eigenvalue weighted by Gasteiger charge is 2.08. The van der Waals surface area contributed by atoms with Crippen LogP contribution in [0.2, 0.25) is 0 Å². The highest BCUT2D eigenvalue weighted by Crippen LogP contribution is 2.11. The minimum Gasteiger partial charge on any atom is -0.372 e. The van der Waals surface area contributed by atoms with Crippen LogP contribution in [0.25, 0.3) is 0 Å². The fraction of sp³-hybridized carbons (Fsp3) is 0.174. The van der Waals surface area contributed by atoms with Gasteiger partial charge in [-0.3, -0.25) is 4.79 Å². The molecule has 138 valence electrons. The van der Waals surface area contributed by atoms with E-state index in [0.717, 1.165) is 16.7 Å². The third-order valence-electron chi connectivity index (χ3n) is 4.29. The number of carbonyl (C=O) groups excluding carboxylic acids is 1. The van der Waals surface area contributed by atoms with E-state index >= 15 is 0 Å². The van der Waals surface area contributed by atoms with Gasteiger partial charge in [0.2, 0.25) is 0 Å². The van der Waals surface area contributed by atoms with Gasteiger partial charge >= 0.3 is 0 Å². The lowest BCUT2D eigenvalue weighted by Gasteiger charge is -2.08. The minimum absolute atomic E-state index is 0.288. The molecule has 0 fully saturated rings. The molecule has 3 rings (SSSR count). The Hall–Kier alpha value is -2.98. The summed E-state index contributed by atoms with van der Waals surface area (Å²) < 4.78 is 19.3. The average molecular weight is 363 g/mol. The van der Waals surface area contributed by atoms with E-state index in [4.69, 9.17) is 4.74 Å². The van der Waals surface area contributed by atoms with Gasteiger partial charge in [0.1, 0.15) is 5.82 Å². The maximum absolute atomic E-state index is 13.6. The van der Waals surface area contributed by atoms with Crippen LogP contribution in [0.1, 0.15) is 32.6 Å². The van der Waals surface area contributed by atoms with Crippen LogP contribution in [-0.2, 0) is 24.5 Å². The summed E-state index contributed by atoms with van der Waals surface area (Å²) in [5, 5.41) is 2.81. The first kappa shape index (κ1) is 18.8. The number of aryl methyl sites for hydroxylation is 1. The van der Waals surface area contributed by atoms with Crippen LogP contribution in [0, 0.1) is 12.7 Å². The van der Waals surface area contributed by atoms with Gasteiger partial charge in [0, 0.05) is 12.1 Å². The van der Waals surface area contributed by atoms with Crippen molar-refractivity contribution in [3.63, 3.8) is 0 Å². The molecule has 4 heteroatoms. The molecule has 0 saturated heterocycles. The average Bonchev–Trinajstić information content (AvgIpc) is 2.70. The van der Waals surface area contributed by atoms with Crippen molar-refractivity contribution >= 4 is 5.91 Å².